The molecule has 0 heterocycles. The molecule has 0 aliphatic carbocycles. The number of aliphatic hydroxyl groups excluding tert-OH is 1. The summed E-state index contributed by atoms with van der Waals surface area (Å²) in [7, 11) is 0. The summed E-state index contributed by atoms with van der Waals surface area (Å²) >= 11 is 0. The Morgan fingerprint density at radius 2 is 1.70 bits per heavy atom. The first-order chi connectivity index (χ1) is 16.0. The molecule has 0 bridgehead atoms. The molecule has 5 N–H and O–H groups in total. The van der Waals surface area contributed by atoms with Crippen molar-refractivity contribution in [2.45, 2.75) is 38.5 Å². The average molecular weight is 448 g/mol. The van der Waals surface area contributed by atoms with E-state index >= 15 is 0 Å². The SMILES string of the molecule is CC(CCCNCC(O)c1ccc(O)c(C(N)=O)c1)N(Cc1ccccc1)c1ccccc1. The minimum Gasteiger partial charge on any atom is -0.507 e. The van der Waals surface area contributed by atoms with Gasteiger partial charge in [0.1, 0.15) is 5.75 Å². The molecule has 0 saturated heterocycles. The van der Waals surface area contributed by atoms with Crippen LogP contribution in [0.25, 0.3) is 0 Å². The van der Waals surface area contributed by atoms with Gasteiger partial charge in [-0.2, -0.15) is 0 Å². The van der Waals surface area contributed by atoms with Crippen molar-refractivity contribution < 1.29 is 15.0 Å². The number of carbonyl (C=O) groups is 1. The zero-order valence-corrected chi connectivity index (χ0v) is 19.0. The maximum absolute atomic E-state index is 11.4. The normalized spacial score (nSPS) is 12.8. The van der Waals surface area contributed by atoms with Crippen LogP contribution in [0.4, 0.5) is 5.69 Å². The van der Waals surface area contributed by atoms with Crippen LogP contribution in [-0.2, 0) is 6.54 Å². The van der Waals surface area contributed by atoms with Gasteiger partial charge in [-0.1, -0.05) is 54.6 Å². The second-order valence-corrected chi connectivity index (χ2v) is 8.30. The molecule has 174 valence electrons. The number of amides is 1. The summed E-state index contributed by atoms with van der Waals surface area (Å²) in [6, 6.07) is 25.7. The molecule has 0 saturated carbocycles. The summed E-state index contributed by atoms with van der Waals surface area (Å²) in [6.45, 7) is 4.20. The van der Waals surface area contributed by atoms with Gasteiger partial charge in [0.15, 0.2) is 0 Å². The number of nitrogens with zero attached hydrogens (tertiary/aromatic N) is 1. The predicted molar refractivity (Wildman–Crippen MR) is 132 cm³/mol. The molecular formula is C27H33N3O3. The highest BCUT2D eigenvalue weighted by atomic mass is 16.3. The zero-order chi connectivity index (χ0) is 23.6. The smallest absolute Gasteiger partial charge is 0.252 e. The molecule has 0 aromatic heterocycles. The summed E-state index contributed by atoms with van der Waals surface area (Å²) in [5.74, 6) is -0.902. The number of hydrogen-bond donors (Lipinski definition) is 4. The molecule has 6 heteroatoms. The fourth-order valence-electron chi connectivity index (χ4n) is 3.89. The molecule has 2 atom stereocenters. The van der Waals surface area contributed by atoms with Crippen LogP contribution < -0.4 is 16.0 Å². The fourth-order valence-corrected chi connectivity index (χ4v) is 3.89. The molecule has 3 aromatic rings. The van der Waals surface area contributed by atoms with Crippen LogP contribution in [0, 0.1) is 0 Å². The lowest BCUT2D eigenvalue weighted by molar-refractivity contribution is 0.0997. The fraction of sp³-hybridized carbons (Fsp3) is 0.296. The van der Waals surface area contributed by atoms with E-state index in [9.17, 15) is 15.0 Å². The first-order valence-electron chi connectivity index (χ1n) is 11.3. The lowest BCUT2D eigenvalue weighted by Crippen LogP contribution is -2.33. The quantitative estimate of drug-likeness (QED) is 0.315. The lowest BCUT2D eigenvalue weighted by atomic mass is 10.0. The second-order valence-electron chi connectivity index (χ2n) is 8.30. The zero-order valence-electron chi connectivity index (χ0n) is 19.0. The third-order valence-corrected chi connectivity index (χ3v) is 5.80. The van der Waals surface area contributed by atoms with Crippen molar-refractivity contribution in [2.75, 3.05) is 18.0 Å². The number of carbonyl (C=O) groups excluding carboxylic acids is 1. The number of aromatic hydroxyl groups is 1. The predicted octanol–water partition coefficient (Wildman–Crippen LogP) is 3.99. The van der Waals surface area contributed by atoms with Gasteiger partial charge in [0, 0.05) is 24.8 Å². The number of nitrogens with one attached hydrogen (secondary N) is 1. The Morgan fingerprint density at radius 3 is 2.36 bits per heavy atom. The molecule has 3 aromatic carbocycles. The number of rotatable bonds is 12. The molecule has 2 unspecified atom stereocenters. The number of benzene rings is 3. The van der Waals surface area contributed by atoms with Crippen molar-refractivity contribution in [3.8, 4) is 5.75 Å². The average Bonchev–Trinajstić information content (AvgIpc) is 2.83. The maximum atomic E-state index is 11.4. The van der Waals surface area contributed by atoms with E-state index in [0.29, 0.717) is 18.2 Å². The van der Waals surface area contributed by atoms with Crippen molar-refractivity contribution in [3.63, 3.8) is 0 Å². The van der Waals surface area contributed by atoms with Crippen LogP contribution in [0.5, 0.6) is 5.75 Å². The molecule has 0 aliphatic heterocycles. The van der Waals surface area contributed by atoms with Crippen LogP contribution in [0.3, 0.4) is 0 Å². The summed E-state index contributed by atoms with van der Waals surface area (Å²) < 4.78 is 0. The number of para-hydroxylation sites is 1. The van der Waals surface area contributed by atoms with Gasteiger partial charge < -0.3 is 26.2 Å². The van der Waals surface area contributed by atoms with Crippen molar-refractivity contribution in [1.29, 1.82) is 0 Å². The van der Waals surface area contributed by atoms with Gasteiger partial charge in [-0.05, 0) is 61.7 Å². The second kappa shape index (κ2) is 12.0. The van der Waals surface area contributed by atoms with Crippen molar-refractivity contribution >= 4 is 11.6 Å². The lowest BCUT2D eigenvalue weighted by Gasteiger charge is -2.32. The minimum absolute atomic E-state index is 0.0137. The van der Waals surface area contributed by atoms with E-state index in [2.05, 4.69) is 65.7 Å². The van der Waals surface area contributed by atoms with Crippen molar-refractivity contribution in [2.24, 2.45) is 5.73 Å². The third-order valence-electron chi connectivity index (χ3n) is 5.80. The van der Waals surface area contributed by atoms with E-state index in [1.807, 2.05) is 12.1 Å². The monoisotopic (exact) mass is 447 g/mol. The van der Waals surface area contributed by atoms with E-state index in [1.165, 1.54) is 23.4 Å². The molecule has 3 rings (SSSR count). The van der Waals surface area contributed by atoms with Gasteiger partial charge in [-0.15, -0.1) is 0 Å². The van der Waals surface area contributed by atoms with Crippen molar-refractivity contribution in [1.82, 2.24) is 5.32 Å². The number of hydrogen-bond acceptors (Lipinski definition) is 5. The Hall–Kier alpha value is -3.35. The molecule has 0 spiro atoms. The number of anilines is 1. The Balaban J connectivity index is 1.50. The molecule has 33 heavy (non-hydrogen) atoms. The van der Waals surface area contributed by atoms with Gasteiger partial charge in [0.25, 0.3) is 5.91 Å². The third kappa shape index (κ3) is 7.07. The van der Waals surface area contributed by atoms with Gasteiger partial charge in [0.2, 0.25) is 0 Å². The Bertz CT molecular complexity index is 1010. The molecule has 1 amide bonds. The summed E-state index contributed by atoms with van der Waals surface area (Å²) in [4.78, 5) is 13.8. The molecular weight excluding hydrogens is 414 g/mol. The van der Waals surface area contributed by atoms with Crippen LogP contribution in [0.1, 0.15) is 47.4 Å². The van der Waals surface area contributed by atoms with Gasteiger partial charge in [0.05, 0.1) is 11.7 Å². The van der Waals surface area contributed by atoms with E-state index < -0.39 is 12.0 Å². The first-order valence-corrected chi connectivity index (χ1v) is 11.3. The topological polar surface area (TPSA) is 98.8 Å². The molecule has 0 radical (unpaired) electrons. The van der Waals surface area contributed by atoms with Gasteiger partial charge >= 0.3 is 0 Å². The van der Waals surface area contributed by atoms with Crippen LogP contribution in [-0.4, -0.2) is 35.3 Å². The largest absolute Gasteiger partial charge is 0.507 e. The van der Waals surface area contributed by atoms with Crippen LogP contribution in [0.15, 0.2) is 78.9 Å². The Kier molecular flexibility index (Phi) is 8.87. The molecule has 0 fully saturated rings. The number of nitrogens with two attached hydrogens (primary N) is 1. The van der Waals surface area contributed by atoms with E-state index in [-0.39, 0.29) is 11.3 Å². The first kappa shape index (κ1) is 24.3. The maximum Gasteiger partial charge on any atom is 0.252 e. The van der Waals surface area contributed by atoms with E-state index in [4.69, 9.17) is 5.73 Å². The minimum atomic E-state index is -0.792. The van der Waals surface area contributed by atoms with E-state index in [1.54, 1.807) is 6.07 Å². The Morgan fingerprint density at radius 1 is 1.03 bits per heavy atom. The van der Waals surface area contributed by atoms with Crippen molar-refractivity contribution in [3.05, 3.63) is 95.6 Å². The van der Waals surface area contributed by atoms with Gasteiger partial charge in [-0.3, -0.25) is 4.79 Å². The molecule has 0 aliphatic rings. The summed E-state index contributed by atoms with van der Waals surface area (Å²) in [5.41, 5.74) is 8.30. The van der Waals surface area contributed by atoms with Crippen LogP contribution >= 0.6 is 0 Å². The number of primary amides is 1. The highest BCUT2D eigenvalue weighted by Gasteiger charge is 2.16. The highest BCUT2D eigenvalue weighted by Crippen LogP contribution is 2.23. The van der Waals surface area contributed by atoms with Gasteiger partial charge in [-0.25, -0.2) is 0 Å². The summed E-state index contributed by atoms with van der Waals surface area (Å²) in [5, 5.41) is 23.4. The van der Waals surface area contributed by atoms with E-state index in [0.717, 1.165) is 25.9 Å². The number of phenols is 1. The summed E-state index contributed by atoms with van der Waals surface area (Å²) in [6.07, 6.45) is 1.16. The Labute approximate surface area is 195 Å². The van der Waals surface area contributed by atoms with Crippen LogP contribution in [0.2, 0.25) is 0 Å². The number of aliphatic hydroxyl groups is 1. The molecule has 6 nitrogen and oxygen atoms in total. The highest BCUT2D eigenvalue weighted by molar-refractivity contribution is 5.95. The standard InChI is InChI=1S/C27H33N3O3/c1-20(30(23-12-6-3-7-13-23)19-21-10-4-2-5-11-21)9-8-16-29-18-26(32)22-14-15-25(31)24(17-22)27(28)33/h2-7,10-15,17,20,26,29,31-32H,8-9,16,18-19H2,1H3,(H2,28,33).